The Balaban J connectivity index is 0. The van der Waals surface area contributed by atoms with Gasteiger partial charge in [0.25, 0.3) is 0 Å². The highest BCUT2D eigenvalue weighted by Crippen LogP contribution is 2.09. The molecule has 0 amide bonds. The predicted molar refractivity (Wildman–Crippen MR) is 44.8 cm³/mol. The largest absolute Gasteiger partial charge is 0.480 e. The molecule has 6 nitrogen and oxygen atoms in total. The Morgan fingerprint density at radius 3 is 2.42 bits per heavy atom. The van der Waals surface area contributed by atoms with Crippen LogP contribution >= 0.6 is 7.95 Å². The minimum atomic E-state index is -1.68. The first-order chi connectivity index (χ1) is 5.07. The number of carbonyl (C=O) groups is 1. The molecule has 0 fully saturated rings. The molecule has 0 aromatic carbocycles. The van der Waals surface area contributed by atoms with E-state index in [1.54, 1.807) is 0 Å². The lowest BCUT2D eigenvalue weighted by molar-refractivity contribution is -0.139. The average Bonchev–Trinajstić information content (AvgIpc) is 1.86. The lowest BCUT2D eigenvalue weighted by Gasteiger charge is -2.03. The summed E-state index contributed by atoms with van der Waals surface area (Å²) in [4.78, 5) is 10.3. The molecular formula is C5H14N2O4P+. The van der Waals surface area contributed by atoms with Crippen LogP contribution in [0.25, 0.3) is 0 Å². The van der Waals surface area contributed by atoms with Crippen molar-refractivity contribution in [1.82, 2.24) is 11.2 Å². The molecule has 0 aliphatic heterocycles. The van der Waals surface area contributed by atoms with Crippen molar-refractivity contribution < 1.29 is 19.6 Å². The van der Waals surface area contributed by atoms with E-state index in [2.05, 4.69) is 5.09 Å². The molecule has 0 aromatic heterocycles. The summed E-state index contributed by atoms with van der Waals surface area (Å²) in [6, 6.07) is -0.909. The number of aliphatic carboxylic acids is 1. The van der Waals surface area contributed by atoms with Crippen LogP contribution in [0.2, 0.25) is 0 Å². The number of aliphatic hydroxyl groups excluding tert-OH is 1. The quantitative estimate of drug-likeness (QED) is 0.458. The van der Waals surface area contributed by atoms with Gasteiger partial charge in [0.05, 0.1) is 0 Å². The maximum atomic E-state index is 10.5. The van der Waals surface area contributed by atoms with Crippen molar-refractivity contribution in [3.8, 4) is 0 Å². The highest BCUT2D eigenvalue weighted by Gasteiger charge is 2.23. The number of aliphatic hydroxyl groups is 1. The molecule has 2 atom stereocenters. The molecule has 12 heavy (non-hydrogen) atoms. The fraction of sp³-hybridized carbons (Fsp3) is 0.800. The number of hydrogen-bond donors (Lipinski definition) is 4. The van der Waals surface area contributed by atoms with E-state index in [1.165, 1.54) is 6.66 Å². The Morgan fingerprint density at radius 1 is 1.67 bits per heavy atom. The van der Waals surface area contributed by atoms with Crippen LogP contribution in [-0.2, 0) is 9.36 Å². The molecule has 0 saturated heterocycles. The first-order valence-electron chi connectivity index (χ1n) is 3.08. The molecule has 2 unspecified atom stereocenters. The van der Waals surface area contributed by atoms with E-state index in [4.69, 9.17) is 10.2 Å². The molecule has 0 bridgehead atoms. The Kier molecular flexibility index (Phi) is 8.31. The van der Waals surface area contributed by atoms with Gasteiger partial charge in [-0.1, -0.05) is 9.65 Å². The van der Waals surface area contributed by atoms with Crippen LogP contribution in [-0.4, -0.2) is 35.5 Å². The van der Waals surface area contributed by atoms with Gasteiger partial charge in [-0.15, -0.1) is 0 Å². The maximum absolute atomic E-state index is 10.5. The molecule has 0 radical (unpaired) electrons. The summed E-state index contributed by atoms with van der Waals surface area (Å²) in [5.41, 5.74) is 0. The number of nitrogens with one attached hydrogen (secondary N) is 1. The third-order valence-electron chi connectivity index (χ3n) is 1.05. The zero-order chi connectivity index (χ0) is 8.85. The summed E-state index contributed by atoms with van der Waals surface area (Å²) in [6.07, 6.45) is 0.0737. The van der Waals surface area contributed by atoms with Crippen LogP contribution in [0.3, 0.4) is 0 Å². The first-order valence-corrected chi connectivity index (χ1v) is 4.79. The Hall–Kier alpha value is -0.550. The molecular weight excluding hydrogens is 183 g/mol. The topological polar surface area (TPSA) is 122 Å². The van der Waals surface area contributed by atoms with Gasteiger partial charge in [0, 0.05) is 13.0 Å². The monoisotopic (exact) mass is 197 g/mol. The van der Waals surface area contributed by atoms with E-state index in [0.717, 1.165) is 0 Å². The molecule has 0 aliphatic rings. The van der Waals surface area contributed by atoms with Crippen LogP contribution in [0.15, 0.2) is 0 Å². The fourth-order valence-corrected chi connectivity index (χ4v) is 1.27. The van der Waals surface area contributed by atoms with Gasteiger partial charge in [-0.2, -0.15) is 0 Å². The Labute approximate surface area is 71.4 Å². The first kappa shape index (κ1) is 14.0. The van der Waals surface area contributed by atoms with Crippen LogP contribution in [0.5, 0.6) is 0 Å². The highest BCUT2D eigenvalue weighted by atomic mass is 31.1. The molecule has 0 aromatic rings. The van der Waals surface area contributed by atoms with Gasteiger partial charge in [-0.05, 0) is 0 Å². The molecule has 0 saturated carbocycles. The van der Waals surface area contributed by atoms with Crippen LogP contribution in [0.1, 0.15) is 6.42 Å². The molecule has 0 heterocycles. The molecule has 0 spiro atoms. The number of carboxylic acid groups (broad SMARTS) is 1. The van der Waals surface area contributed by atoms with Gasteiger partial charge in [0.1, 0.15) is 0 Å². The van der Waals surface area contributed by atoms with Gasteiger partial charge in [-0.3, -0.25) is 4.79 Å². The minimum absolute atomic E-state index is 0. The van der Waals surface area contributed by atoms with Crippen LogP contribution < -0.4 is 11.2 Å². The van der Waals surface area contributed by atoms with Crippen LogP contribution in [0, 0.1) is 0 Å². The van der Waals surface area contributed by atoms with E-state index in [-0.39, 0.29) is 19.2 Å². The van der Waals surface area contributed by atoms with Gasteiger partial charge in [0.15, 0.2) is 12.7 Å². The second-order valence-corrected chi connectivity index (χ2v) is 3.28. The van der Waals surface area contributed by atoms with Gasteiger partial charge in [0.2, 0.25) is 0 Å². The van der Waals surface area contributed by atoms with Crippen LogP contribution in [0.4, 0.5) is 0 Å². The highest BCUT2D eigenvalue weighted by molar-refractivity contribution is 7.41. The van der Waals surface area contributed by atoms with Crippen molar-refractivity contribution in [2.45, 2.75) is 12.5 Å². The third-order valence-corrected chi connectivity index (χ3v) is 1.73. The van der Waals surface area contributed by atoms with Gasteiger partial charge in [-0.25, -0.2) is 0 Å². The normalized spacial score (nSPS) is 13.0. The number of carboxylic acids is 1. The SMILES string of the molecule is C[P+](=O)NC(CCO)C(=O)O.N. The minimum Gasteiger partial charge on any atom is -0.480 e. The Morgan fingerprint density at radius 2 is 2.17 bits per heavy atom. The van der Waals surface area contributed by atoms with Crippen molar-refractivity contribution >= 4 is 13.9 Å². The third kappa shape index (κ3) is 6.18. The van der Waals surface area contributed by atoms with Crippen molar-refractivity contribution in [3.63, 3.8) is 0 Å². The zero-order valence-electron chi connectivity index (χ0n) is 6.86. The molecule has 72 valence electrons. The van der Waals surface area contributed by atoms with Gasteiger partial charge >= 0.3 is 13.9 Å². The van der Waals surface area contributed by atoms with E-state index in [1.807, 2.05) is 0 Å². The second kappa shape index (κ2) is 7.12. The number of rotatable bonds is 5. The lowest BCUT2D eigenvalue weighted by Crippen LogP contribution is -2.32. The summed E-state index contributed by atoms with van der Waals surface area (Å²) in [5.74, 6) is -1.09. The van der Waals surface area contributed by atoms with E-state index < -0.39 is 20.0 Å². The fourth-order valence-electron chi connectivity index (χ4n) is 0.592. The molecule has 6 N–H and O–H groups in total. The Bertz CT molecular complexity index is 164. The summed E-state index contributed by atoms with van der Waals surface area (Å²) in [6.45, 7) is 1.15. The average molecular weight is 197 g/mol. The molecule has 0 rings (SSSR count). The van der Waals surface area contributed by atoms with E-state index in [0.29, 0.717) is 0 Å². The summed E-state index contributed by atoms with van der Waals surface area (Å²) in [7, 11) is -1.68. The molecule has 0 aliphatic carbocycles. The van der Waals surface area contributed by atoms with E-state index in [9.17, 15) is 9.36 Å². The number of hydrogen-bond acceptors (Lipinski definition) is 4. The van der Waals surface area contributed by atoms with E-state index >= 15 is 0 Å². The second-order valence-electron chi connectivity index (χ2n) is 2.03. The van der Waals surface area contributed by atoms with Crippen molar-refractivity contribution in [3.05, 3.63) is 0 Å². The zero-order valence-corrected chi connectivity index (χ0v) is 7.75. The summed E-state index contributed by atoms with van der Waals surface area (Å²) in [5, 5.41) is 19.2. The molecule has 7 heteroatoms. The standard InChI is InChI=1S/C5H10NO4P.H3N/c1-11(10)6-4(2-3-7)5(8)9;/h4,7H,2-3H2,1H3,(H-,6,8,9,10);1H3/p+1. The van der Waals surface area contributed by atoms with Crippen molar-refractivity contribution in [2.75, 3.05) is 13.3 Å². The smallest absolute Gasteiger partial charge is 0.429 e. The summed E-state index contributed by atoms with van der Waals surface area (Å²) >= 11 is 0. The maximum Gasteiger partial charge on any atom is 0.429 e. The van der Waals surface area contributed by atoms with Crippen molar-refractivity contribution in [2.24, 2.45) is 0 Å². The predicted octanol–water partition coefficient (Wildman–Crippen LogP) is -0.0542. The summed E-state index contributed by atoms with van der Waals surface area (Å²) < 4.78 is 10.5. The van der Waals surface area contributed by atoms with Gasteiger partial charge < -0.3 is 16.4 Å². The lowest BCUT2D eigenvalue weighted by atomic mass is 10.2. The van der Waals surface area contributed by atoms with Crippen molar-refractivity contribution in [1.29, 1.82) is 0 Å².